The van der Waals surface area contributed by atoms with Crippen LogP contribution in [-0.2, 0) is 0 Å². The van der Waals surface area contributed by atoms with E-state index < -0.39 is 0 Å². The molecule has 0 aliphatic rings. The van der Waals surface area contributed by atoms with Crippen molar-refractivity contribution in [1.82, 2.24) is 0 Å². The summed E-state index contributed by atoms with van der Waals surface area (Å²) in [6.07, 6.45) is 5.40. The summed E-state index contributed by atoms with van der Waals surface area (Å²) in [6.45, 7) is 0. The molecule has 3 nitrogen and oxygen atoms in total. The van der Waals surface area contributed by atoms with Crippen molar-refractivity contribution in [3.63, 3.8) is 0 Å². The smallest absolute Gasteiger partial charge is 0.265 e. The van der Waals surface area contributed by atoms with Gasteiger partial charge in [0.1, 0.15) is 0 Å². The van der Waals surface area contributed by atoms with Gasteiger partial charge in [0.15, 0.2) is 5.78 Å². The number of rotatable bonds is 6. The highest BCUT2D eigenvalue weighted by Crippen LogP contribution is 2.17. The third-order valence-corrected chi connectivity index (χ3v) is 5.33. The fourth-order valence-electron chi connectivity index (χ4n) is 2.30. The molecule has 0 atom stereocenters. The Morgan fingerprint density at radius 1 is 1.00 bits per heavy atom. The minimum atomic E-state index is -0.146. The average molecular weight is 380 g/mol. The summed E-state index contributed by atoms with van der Waals surface area (Å²) in [5.74, 6) is -0.220. The standard InChI is InChI=1S/C21H17NO2S2/c1-25-18-11-4-15(5-12-18)6-13-19(23)16-7-9-17(10-8-16)22-21(24)20-3-2-14-26-20/h2-14H,1H3,(H,22,24)/b13-6+. The Bertz CT molecular complexity index is 912. The summed E-state index contributed by atoms with van der Waals surface area (Å²) in [7, 11) is 0. The Morgan fingerprint density at radius 2 is 1.73 bits per heavy atom. The number of anilines is 1. The van der Waals surface area contributed by atoms with Gasteiger partial charge in [-0.25, -0.2) is 0 Å². The lowest BCUT2D eigenvalue weighted by molar-refractivity contribution is 0.102. The number of thioether (sulfide) groups is 1. The molecule has 2 aromatic carbocycles. The van der Waals surface area contributed by atoms with E-state index >= 15 is 0 Å². The fraction of sp³-hybridized carbons (Fsp3) is 0.0476. The summed E-state index contributed by atoms with van der Waals surface area (Å²) in [5, 5.41) is 4.68. The zero-order chi connectivity index (χ0) is 18.4. The highest BCUT2D eigenvalue weighted by atomic mass is 32.2. The van der Waals surface area contributed by atoms with Crippen LogP contribution in [0.1, 0.15) is 25.6 Å². The van der Waals surface area contributed by atoms with Crippen LogP contribution < -0.4 is 5.32 Å². The molecule has 0 spiro atoms. The van der Waals surface area contributed by atoms with Gasteiger partial charge in [-0.1, -0.05) is 24.3 Å². The zero-order valence-corrected chi connectivity index (χ0v) is 15.8. The van der Waals surface area contributed by atoms with Crippen LogP contribution in [-0.4, -0.2) is 17.9 Å². The Kier molecular flexibility index (Phi) is 6.04. The van der Waals surface area contributed by atoms with Gasteiger partial charge in [0.05, 0.1) is 4.88 Å². The van der Waals surface area contributed by atoms with Crippen molar-refractivity contribution in [3.8, 4) is 0 Å². The lowest BCUT2D eigenvalue weighted by Gasteiger charge is -2.04. The van der Waals surface area contributed by atoms with Crippen molar-refractivity contribution in [3.05, 3.63) is 88.1 Å². The molecule has 3 aromatic rings. The van der Waals surface area contributed by atoms with Crippen LogP contribution in [0.15, 0.2) is 77.0 Å². The van der Waals surface area contributed by atoms with E-state index in [1.165, 1.54) is 16.2 Å². The van der Waals surface area contributed by atoms with Crippen LogP contribution in [0.2, 0.25) is 0 Å². The zero-order valence-electron chi connectivity index (χ0n) is 14.1. The van der Waals surface area contributed by atoms with Crippen molar-refractivity contribution in [1.29, 1.82) is 0 Å². The molecular formula is C21H17NO2S2. The average Bonchev–Trinajstić information content (AvgIpc) is 3.22. The predicted octanol–water partition coefficient (Wildman–Crippen LogP) is 5.62. The lowest BCUT2D eigenvalue weighted by atomic mass is 10.1. The number of amides is 1. The van der Waals surface area contributed by atoms with Gasteiger partial charge in [-0.15, -0.1) is 23.1 Å². The molecule has 0 fully saturated rings. The summed E-state index contributed by atoms with van der Waals surface area (Å²) >= 11 is 3.07. The maximum Gasteiger partial charge on any atom is 0.265 e. The maximum atomic E-state index is 12.3. The molecule has 0 aliphatic heterocycles. The second kappa shape index (κ2) is 8.65. The number of hydrogen-bond donors (Lipinski definition) is 1. The van der Waals surface area contributed by atoms with Crippen LogP contribution in [0, 0.1) is 0 Å². The molecule has 0 unspecified atom stereocenters. The van der Waals surface area contributed by atoms with Crippen molar-refractivity contribution in [2.24, 2.45) is 0 Å². The second-order valence-electron chi connectivity index (χ2n) is 5.48. The first-order chi connectivity index (χ1) is 12.7. The van der Waals surface area contributed by atoms with Crippen LogP contribution in [0.5, 0.6) is 0 Å². The van der Waals surface area contributed by atoms with E-state index in [-0.39, 0.29) is 11.7 Å². The number of allylic oxidation sites excluding steroid dienone is 1. The van der Waals surface area contributed by atoms with E-state index in [2.05, 4.69) is 5.32 Å². The maximum absolute atomic E-state index is 12.3. The SMILES string of the molecule is CSc1ccc(/C=C/C(=O)c2ccc(NC(=O)c3cccs3)cc2)cc1. The molecule has 5 heteroatoms. The number of hydrogen-bond acceptors (Lipinski definition) is 4. The van der Waals surface area contributed by atoms with E-state index in [1.54, 1.807) is 54.2 Å². The van der Waals surface area contributed by atoms with E-state index in [0.29, 0.717) is 16.1 Å². The molecule has 130 valence electrons. The van der Waals surface area contributed by atoms with Gasteiger partial charge in [-0.3, -0.25) is 9.59 Å². The van der Waals surface area contributed by atoms with Gasteiger partial charge in [0.25, 0.3) is 5.91 Å². The Hall–Kier alpha value is -2.63. The molecule has 26 heavy (non-hydrogen) atoms. The third kappa shape index (κ3) is 4.71. The van der Waals surface area contributed by atoms with E-state index in [0.717, 1.165) is 5.56 Å². The van der Waals surface area contributed by atoms with E-state index in [1.807, 2.05) is 42.0 Å². The summed E-state index contributed by atoms with van der Waals surface area (Å²) < 4.78 is 0. The van der Waals surface area contributed by atoms with Crippen molar-refractivity contribution >= 4 is 46.6 Å². The molecule has 1 aromatic heterocycles. The topological polar surface area (TPSA) is 46.2 Å². The number of carbonyl (C=O) groups excluding carboxylic acids is 2. The first-order valence-corrected chi connectivity index (χ1v) is 10.1. The highest BCUT2D eigenvalue weighted by Gasteiger charge is 2.07. The van der Waals surface area contributed by atoms with Gasteiger partial charge in [-0.2, -0.15) is 0 Å². The van der Waals surface area contributed by atoms with Gasteiger partial charge in [0, 0.05) is 16.1 Å². The summed E-state index contributed by atoms with van der Waals surface area (Å²) in [5.41, 5.74) is 2.23. The van der Waals surface area contributed by atoms with Crippen LogP contribution in [0.25, 0.3) is 6.08 Å². The van der Waals surface area contributed by atoms with Gasteiger partial charge in [0.2, 0.25) is 0 Å². The Balaban J connectivity index is 1.62. The van der Waals surface area contributed by atoms with Crippen LogP contribution in [0.4, 0.5) is 5.69 Å². The number of thiophene rings is 1. The predicted molar refractivity (Wildman–Crippen MR) is 110 cm³/mol. The van der Waals surface area contributed by atoms with E-state index in [4.69, 9.17) is 0 Å². The normalized spacial score (nSPS) is 10.8. The van der Waals surface area contributed by atoms with E-state index in [9.17, 15) is 9.59 Å². The first-order valence-electron chi connectivity index (χ1n) is 7.97. The molecule has 0 bridgehead atoms. The van der Waals surface area contributed by atoms with Gasteiger partial charge >= 0.3 is 0 Å². The lowest BCUT2D eigenvalue weighted by Crippen LogP contribution is -2.10. The minimum absolute atomic E-state index is 0.0740. The van der Waals surface area contributed by atoms with Crippen LogP contribution >= 0.6 is 23.1 Å². The molecule has 0 aliphatic carbocycles. The van der Waals surface area contributed by atoms with Crippen molar-refractivity contribution < 1.29 is 9.59 Å². The fourth-order valence-corrected chi connectivity index (χ4v) is 3.33. The first kappa shape index (κ1) is 18.2. The number of nitrogens with one attached hydrogen (secondary N) is 1. The molecular weight excluding hydrogens is 362 g/mol. The molecule has 1 N–H and O–H groups in total. The van der Waals surface area contributed by atoms with Gasteiger partial charge < -0.3 is 5.32 Å². The Labute approximate surface area is 160 Å². The van der Waals surface area contributed by atoms with Gasteiger partial charge in [-0.05, 0) is 65.7 Å². The molecule has 1 amide bonds. The summed E-state index contributed by atoms with van der Waals surface area (Å²) in [4.78, 5) is 26.1. The molecule has 1 heterocycles. The molecule has 0 saturated heterocycles. The summed E-state index contributed by atoms with van der Waals surface area (Å²) in [6, 6.07) is 18.5. The molecule has 3 rings (SSSR count). The Morgan fingerprint density at radius 3 is 2.35 bits per heavy atom. The second-order valence-corrected chi connectivity index (χ2v) is 7.31. The quantitative estimate of drug-likeness (QED) is 0.343. The third-order valence-electron chi connectivity index (χ3n) is 3.72. The monoisotopic (exact) mass is 379 g/mol. The molecule has 0 saturated carbocycles. The number of benzene rings is 2. The minimum Gasteiger partial charge on any atom is -0.321 e. The molecule has 0 radical (unpaired) electrons. The number of ketones is 1. The van der Waals surface area contributed by atoms with Crippen LogP contribution in [0.3, 0.4) is 0 Å². The number of carbonyl (C=O) groups is 2. The highest BCUT2D eigenvalue weighted by molar-refractivity contribution is 7.98. The largest absolute Gasteiger partial charge is 0.321 e. The van der Waals surface area contributed by atoms with Crippen molar-refractivity contribution in [2.45, 2.75) is 4.90 Å². The van der Waals surface area contributed by atoms with Crippen molar-refractivity contribution in [2.75, 3.05) is 11.6 Å².